The zero-order valence-corrected chi connectivity index (χ0v) is 16.8. The molecule has 1 aliphatic rings. The summed E-state index contributed by atoms with van der Waals surface area (Å²) < 4.78 is 16.9. The van der Waals surface area contributed by atoms with E-state index in [0.717, 1.165) is 11.1 Å². The number of nitrogens with two attached hydrogens (primary N) is 1. The van der Waals surface area contributed by atoms with Crippen molar-refractivity contribution in [3.63, 3.8) is 0 Å². The lowest BCUT2D eigenvalue weighted by molar-refractivity contribution is 0.129. The van der Waals surface area contributed by atoms with Gasteiger partial charge in [0, 0.05) is 23.5 Å². The van der Waals surface area contributed by atoms with E-state index in [1.54, 1.807) is 24.5 Å². The number of ether oxygens (including phenoxy) is 3. The number of amidine groups is 1. The first-order valence-electron chi connectivity index (χ1n) is 9.34. The van der Waals surface area contributed by atoms with Crippen molar-refractivity contribution >= 4 is 17.4 Å². The van der Waals surface area contributed by atoms with E-state index in [0.29, 0.717) is 47.7 Å². The quantitative estimate of drug-likeness (QED) is 0.350. The molecule has 1 aromatic heterocycles. The monoisotopic (exact) mass is 425 g/mol. The van der Waals surface area contributed by atoms with E-state index in [1.807, 2.05) is 36.4 Å². The van der Waals surface area contributed by atoms with Crippen molar-refractivity contribution < 1.29 is 19.0 Å². The second-order valence-electron chi connectivity index (χ2n) is 6.53. The maximum absolute atomic E-state index is 6.24. The summed E-state index contributed by atoms with van der Waals surface area (Å²) in [5.74, 6) is 2.07. The van der Waals surface area contributed by atoms with Gasteiger partial charge in [0.2, 0.25) is 0 Å². The van der Waals surface area contributed by atoms with Gasteiger partial charge in [-0.25, -0.2) is 0 Å². The molecule has 0 fully saturated rings. The largest absolute Gasteiger partial charge is 0.489 e. The molecule has 0 saturated carbocycles. The summed E-state index contributed by atoms with van der Waals surface area (Å²) in [6.45, 7) is 1.57. The Labute approximate surface area is 179 Å². The second kappa shape index (κ2) is 9.37. The van der Waals surface area contributed by atoms with Crippen LogP contribution in [0.1, 0.15) is 16.7 Å². The average Bonchev–Trinajstić information content (AvgIpc) is 2.78. The number of nitrogens with zero attached hydrogens (tertiary/aromatic N) is 2. The van der Waals surface area contributed by atoms with Gasteiger partial charge in [0.25, 0.3) is 0 Å². The summed E-state index contributed by atoms with van der Waals surface area (Å²) >= 11 is 6.24. The van der Waals surface area contributed by atoms with Gasteiger partial charge >= 0.3 is 0 Å². The van der Waals surface area contributed by atoms with Gasteiger partial charge in [-0.15, -0.1) is 0 Å². The molecule has 2 heterocycles. The fourth-order valence-corrected chi connectivity index (χ4v) is 3.16. The first-order chi connectivity index (χ1) is 14.7. The molecular formula is C22H20ClN3O4. The number of rotatable bonds is 7. The lowest BCUT2D eigenvalue weighted by atomic mass is 10.2. The molecule has 3 aromatic rings. The summed E-state index contributed by atoms with van der Waals surface area (Å²) in [5.41, 5.74) is 8.54. The van der Waals surface area contributed by atoms with Crippen molar-refractivity contribution in [2.24, 2.45) is 10.9 Å². The molecule has 0 amide bonds. The SMILES string of the molecule is N/C(=N/OCc1cc(Cl)c2c(c1)OCCO2)c1cccc(OCc2cccnc2)c1. The van der Waals surface area contributed by atoms with Crippen LogP contribution in [-0.4, -0.2) is 24.0 Å². The van der Waals surface area contributed by atoms with Gasteiger partial charge in [-0.2, -0.15) is 0 Å². The third-order valence-corrected chi connectivity index (χ3v) is 4.59. The van der Waals surface area contributed by atoms with Crippen LogP contribution in [0.25, 0.3) is 0 Å². The maximum atomic E-state index is 6.24. The van der Waals surface area contributed by atoms with Crippen LogP contribution < -0.4 is 19.9 Å². The number of fused-ring (bicyclic) bond motifs is 1. The van der Waals surface area contributed by atoms with Crippen molar-refractivity contribution in [2.75, 3.05) is 13.2 Å². The number of halogens is 1. The maximum Gasteiger partial charge on any atom is 0.179 e. The lowest BCUT2D eigenvalue weighted by Crippen LogP contribution is -2.16. The number of benzene rings is 2. The van der Waals surface area contributed by atoms with Crippen LogP contribution in [0, 0.1) is 0 Å². The minimum absolute atomic E-state index is 0.189. The fourth-order valence-electron chi connectivity index (χ4n) is 2.87. The molecule has 0 spiro atoms. The Morgan fingerprint density at radius 1 is 1.07 bits per heavy atom. The third-order valence-electron chi connectivity index (χ3n) is 4.31. The van der Waals surface area contributed by atoms with Crippen molar-refractivity contribution in [1.29, 1.82) is 0 Å². The zero-order chi connectivity index (χ0) is 20.8. The Morgan fingerprint density at radius 2 is 1.97 bits per heavy atom. The number of pyridine rings is 1. The third kappa shape index (κ3) is 4.93. The smallest absolute Gasteiger partial charge is 0.179 e. The molecule has 7 nitrogen and oxygen atoms in total. The fraction of sp³-hybridized carbons (Fsp3) is 0.182. The van der Waals surface area contributed by atoms with Crippen LogP contribution in [0.15, 0.2) is 66.1 Å². The molecule has 0 bridgehead atoms. The van der Waals surface area contributed by atoms with Crippen molar-refractivity contribution in [1.82, 2.24) is 4.98 Å². The topological polar surface area (TPSA) is 88.2 Å². The van der Waals surface area contributed by atoms with Crippen LogP contribution in [0.5, 0.6) is 17.2 Å². The summed E-state index contributed by atoms with van der Waals surface area (Å²) in [5, 5.41) is 4.48. The second-order valence-corrected chi connectivity index (χ2v) is 6.94. The Hall–Kier alpha value is -3.45. The molecule has 30 heavy (non-hydrogen) atoms. The van der Waals surface area contributed by atoms with E-state index in [2.05, 4.69) is 10.1 Å². The van der Waals surface area contributed by atoms with Crippen molar-refractivity contribution in [3.05, 3.63) is 82.6 Å². The molecule has 0 saturated heterocycles. The first kappa shape index (κ1) is 19.8. The van der Waals surface area contributed by atoms with Crippen LogP contribution >= 0.6 is 11.6 Å². The molecular weight excluding hydrogens is 406 g/mol. The van der Waals surface area contributed by atoms with Gasteiger partial charge in [0.05, 0.1) is 5.02 Å². The van der Waals surface area contributed by atoms with E-state index in [4.69, 9.17) is 36.4 Å². The van der Waals surface area contributed by atoms with Gasteiger partial charge < -0.3 is 24.8 Å². The average molecular weight is 426 g/mol. The van der Waals surface area contributed by atoms with Crippen LogP contribution in [-0.2, 0) is 18.1 Å². The molecule has 2 N–H and O–H groups in total. The summed E-state index contributed by atoms with van der Waals surface area (Å²) in [7, 11) is 0. The molecule has 0 unspecified atom stereocenters. The predicted molar refractivity (Wildman–Crippen MR) is 113 cm³/mol. The number of hydrogen-bond donors (Lipinski definition) is 1. The van der Waals surface area contributed by atoms with Crippen molar-refractivity contribution in [2.45, 2.75) is 13.2 Å². The first-order valence-corrected chi connectivity index (χ1v) is 9.72. The van der Waals surface area contributed by atoms with E-state index in [-0.39, 0.29) is 12.4 Å². The van der Waals surface area contributed by atoms with E-state index >= 15 is 0 Å². The molecule has 154 valence electrons. The van der Waals surface area contributed by atoms with Crippen LogP contribution in [0.4, 0.5) is 0 Å². The summed E-state index contributed by atoms with van der Waals surface area (Å²) in [4.78, 5) is 9.48. The zero-order valence-electron chi connectivity index (χ0n) is 16.1. The molecule has 4 rings (SSSR count). The molecule has 1 aliphatic heterocycles. The van der Waals surface area contributed by atoms with Gasteiger partial charge in [0.1, 0.15) is 32.2 Å². The van der Waals surface area contributed by atoms with E-state index in [9.17, 15) is 0 Å². The highest BCUT2D eigenvalue weighted by molar-refractivity contribution is 6.32. The molecule has 0 atom stereocenters. The van der Waals surface area contributed by atoms with Gasteiger partial charge in [0.15, 0.2) is 17.3 Å². The van der Waals surface area contributed by atoms with Crippen molar-refractivity contribution in [3.8, 4) is 17.2 Å². The Bertz CT molecular complexity index is 1040. The lowest BCUT2D eigenvalue weighted by Gasteiger charge is -2.20. The summed E-state index contributed by atoms with van der Waals surface area (Å²) in [6, 6.07) is 14.7. The predicted octanol–water partition coefficient (Wildman–Crippen LogP) is 3.92. The van der Waals surface area contributed by atoms with E-state index in [1.165, 1.54) is 0 Å². The Kier molecular flexibility index (Phi) is 6.20. The number of aromatic nitrogens is 1. The van der Waals surface area contributed by atoms with Gasteiger partial charge in [-0.3, -0.25) is 4.98 Å². The van der Waals surface area contributed by atoms with Gasteiger partial charge in [-0.05, 0) is 35.9 Å². The minimum Gasteiger partial charge on any atom is -0.489 e. The highest BCUT2D eigenvalue weighted by atomic mass is 35.5. The summed E-state index contributed by atoms with van der Waals surface area (Å²) in [6.07, 6.45) is 3.48. The molecule has 2 aromatic carbocycles. The Morgan fingerprint density at radius 3 is 2.83 bits per heavy atom. The Balaban J connectivity index is 1.37. The van der Waals surface area contributed by atoms with E-state index < -0.39 is 0 Å². The minimum atomic E-state index is 0.189. The highest BCUT2D eigenvalue weighted by Gasteiger charge is 2.16. The molecule has 0 aliphatic carbocycles. The normalized spacial score (nSPS) is 13.0. The molecule has 0 radical (unpaired) electrons. The molecule has 8 heteroatoms. The number of oxime groups is 1. The van der Waals surface area contributed by atoms with Gasteiger partial charge in [-0.1, -0.05) is 35.0 Å². The van der Waals surface area contributed by atoms with Crippen LogP contribution in [0.2, 0.25) is 5.02 Å². The highest BCUT2D eigenvalue weighted by Crippen LogP contribution is 2.38. The number of hydrogen-bond acceptors (Lipinski definition) is 6. The van der Waals surface area contributed by atoms with Crippen LogP contribution in [0.3, 0.4) is 0 Å². The standard InChI is InChI=1S/C22H20ClN3O4/c23-19-9-16(10-20-21(19)28-8-7-27-20)14-30-26-22(24)17-4-1-5-18(11-17)29-13-15-3-2-6-25-12-15/h1-6,9-12H,7-8,13-14H2,(H2,24,26).